The molecule has 0 amide bonds. The zero-order chi connectivity index (χ0) is 20.8. The molecule has 5 nitrogen and oxygen atoms in total. The van der Waals surface area contributed by atoms with Gasteiger partial charge in [0.1, 0.15) is 18.5 Å². The van der Waals surface area contributed by atoms with Gasteiger partial charge in [-0.25, -0.2) is 0 Å². The fourth-order valence-corrected chi connectivity index (χ4v) is 7.63. The van der Waals surface area contributed by atoms with Crippen molar-refractivity contribution in [3.05, 3.63) is 11.6 Å². The second-order valence-corrected chi connectivity index (χ2v) is 10.1. The van der Waals surface area contributed by atoms with Crippen LogP contribution in [0.3, 0.4) is 0 Å². The third kappa shape index (κ3) is 3.34. The van der Waals surface area contributed by atoms with E-state index in [1.165, 1.54) is 19.4 Å². The quantitative estimate of drug-likeness (QED) is 0.396. The first-order chi connectivity index (χ1) is 13.8. The lowest BCUT2D eigenvalue weighted by Gasteiger charge is -2.58. The molecule has 0 aromatic heterocycles. The summed E-state index contributed by atoms with van der Waals surface area (Å²) >= 11 is 0. The molecular formula is C24H34O5. The Balaban J connectivity index is 1.61. The van der Waals surface area contributed by atoms with Gasteiger partial charge in [-0.2, -0.15) is 0 Å². The predicted octanol–water partition coefficient (Wildman–Crippen LogP) is 4.38. The summed E-state index contributed by atoms with van der Waals surface area (Å²) in [4.78, 5) is 34.8. The van der Waals surface area contributed by atoms with Gasteiger partial charge in [-0.3, -0.25) is 9.59 Å². The van der Waals surface area contributed by atoms with Crippen molar-refractivity contribution in [2.24, 2.45) is 28.6 Å². The fraction of sp³-hybridized carbons (Fsp3) is 0.792. The molecule has 0 bridgehead atoms. The third-order valence-corrected chi connectivity index (χ3v) is 8.78. The molecule has 5 heteroatoms. The highest BCUT2D eigenvalue weighted by Gasteiger charge is 2.60. The van der Waals surface area contributed by atoms with Gasteiger partial charge in [0.15, 0.2) is 0 Å². The Labute approximate surface area is 173 Å². The maximum absolute atomic E-state index is 11.8. The summed E-state index contributed by atoms with van der Waals surface area (Å²) in [5.74, 6) is 1.19. The average molecular weight is 403 g/mol. The highest BCUT2D eigenvalue weighted by atomic mass is 16.5. The van der Waals surface area contributed by atoms with Gasteiger partial charge in [-0.15, -0.1) is 0 Å². The van der Waals surface area contributed by atoms with Crippen LogP contribution in [0, 0.1) is 28.6 Å². The van der Waals surface area contributed by atoms with Crippen LogP contribution in [-0.2, 0) is 23.9 Å². The van der Waals surface area contributed by atoms with E-state index >= 15 is 0 Å². The van der Waals surface area contributed by atoms with Gasteiger partial charge in [-0.05, 0) is 62.7 Å². The molecule has 0 saturated heterocycles. The number of ether oxygens (including phenoxy) is 2. The number of aldehydes is 1. The minimum absolute atomic E-state index is 0.0260. The molecule has 0 heterocycles. The normalized spacial score (nSPS) is 43.3. The first-order valence-corrected chi connectivity index (χ1v) is 11.3. The first kappa shape index (κ1) is 20.6. The summed E-state index contributed by atoms with van der Waals surface area (Å²) in [6.07, 6.45) is 11.8. The molecule has 0 N–H and O–H groups in total. The van der Waals surface area contributed by atoms with Crippen LogP contribution in [0.2, 0.25) is 0 Å². The van der Waals surface area contributed by atoms with Crippen LogP contribution in [0.4, 0.5) is 0 Å². The summed E-state index contributed by atoms with van der Waals surface area (Å²) in [7, 11) is 0. The van der Waals surface area contributed by atoms with Crippen molar-refractivity contribution in [1.82, 2.24) is 0 Å². The molecule has 7 atom stereocenters. The Morgan fingerprint density at radius 3 is 2.52 bits per heavy atom. The van der Waals surface area contributed by atoms with Gasteiger partial charge in [-0.1, -0.05) is 18.6 Å². The minimum atomic E-state index is -0.219. The van der Waals surface area contributed by atoms with Gasteiger partial charge in [0.2, 0.25) is 0 Å². The van der Waals surface area contributed by atoms with Gasteiger partial charge in [0.05, 0.1) is 0 Å². The Morgan fingerprint density at radius 1 is 1.07 bits per heavy atom. The van der Waals surface area contributed by atoms with E-state index in [2.05, 4.69) is 13.0 Å². The Bertz CT molecular complexity index is 727. The molecule has 160 valence electrons. The number of fused-ring (bicyclic) bond motifs is 5. The topological polar surface area (TPSA) is 69.7 Å². The van der Waals surface area contributed by atoms with E-state index in [0.29, 0.717) is 24.2 Å². The van der Waals surface area contributed by atoms with E-state index in [0.717, 1.165) is 57.7 Å². The molecule has 0 aromatic carbocycles. The number of esters is 2. The highest BCUT2D eigenvalue weighted by molar-refractivity contribution is 5.66. The summed E-state index contributed by atoms with van der Waals surface area (Å²) in [6.45, 7) is 5.30. The smallest absolute Gasteiger partial charge is 0.302 e. The van der Waals surface area contributed by atoms with Crippen molar-refractivity contribution < 1.29 is 23.9 Å². The van der Waals surface area contributed by atoms with Gasteiger partial charge in [0.25, 0.3) is 0 Å². The van der Waals surface area contributed by atoms with Crippen LogP contribution in [-0.4, -0.2) is 30.4 Å². The van der Waals surface area contributed by atoms with Crippen LogP contribution < -0.4 is 0 Å². The highest BCUT2D eigenvalue weighted by Crippen LogP contribution is 2.66. The number of carbonyl (C=O) groups is 3. The van der Waals surface area contributed by atoms with E-state index in [1.54, 1.807) is 0 Å². The van der Waals surface area contributed by atoms with Crippen LogP contribution in [0.1, 0.15) is 78.6 Å². The van der Waals surface area contributed by atoms with Crippen molar-refractivity contribution in [2.75, 3.05) is 0 Å². The van der Waals surface area contributed by atoms with Crippen molar-refractivity contribution in [3.8, 4) is 0 Å². The lowest BCUT2D eigenvalue weighted by atomic mass is 9.46. The molecule has 0 spiro atoms. The predicted molar refractivity (Wildman–Crippen MR) is 108 cm³/mol. The molecule has 4 rings (SSSR count). The number of allylic oxidation sites excluding steroid dienone is 1. The maximum Gasteiger partial charge on any atom is 0.302 e. The molecule has 4 aliphatic carbocycles. The molecule has 0 aliphatic heterocycles. The zero-order valence-electron chi connectivity index (χ0n) is 17.9. The molecule has 3 fully saturated rings. The second kappa shape index (κ2) is 7.55. The number of hydrogen-bond acceptors (Lipinski definition) is 5. The molecule has 0 aromatic rings. The van der Waals surface area contributed by atoms with Crippen molar-refractivity contribution in [1.29, 1.82) is 0 Å². The molecule has 3 saturated carbocycles. The lowest BCUT2D eigenvalue weighted by molar-refractivity contribution is -0.157. The van der Waals surface area contributed by atoms with E-state index < -0.39 is 0 Å². The largest absolute Gasteiger partial charge is 0.462 e. The number of hydrogen-bond donors (Lipinski definition) is 0. The van der Waals surface area contributed by atoms with Crippen LogP contribution in [0.25, 0.3) is 0 Å². The molecule has 4 aliphatic rings. The summed E-state index contributed by atoms with van der Waals surface area (Å²) in [5.41, 5.74) is 1.33. The van der Waals surface area contributed by atoms with E-state index in [-0.39, 0.29) is 35.0 Å². The summed E-state index contributed by atoms with van der Waals surface area (Å²) < 4.78 is 11.3. The van der Waals surface area contributed by atoms with E-state index in [1.807, 2.05) is 0 Å². The second-order valence-electron chi connectivity index (χ2n) is 10.1. The van der Waals surface area contributed by atoms with E-state index in [9.17, 15) is 14.4 Å². The SMILES string of the molecule is CC(=O)O[C@H]1CC[C@@]2(CC=O)C(=CCC3C2CC[C@@]2(C)C3CC[C@@H]2OC(C)=O)C1. The standard InChI is InChI=1S/C24H34O5/c1-15(26)28-18-8-11-24(12-13-25)17(14-18)4-5-19-20-6-7-22(29-16(2)27)23(20,3)10-9-21(19)24/h4,13,18-22H,5-12,14H2,1-3H3/t18-,19?,20?,21?,22-,23-,24+/m0/s1. The van der Waals surface area contributed by atoms with Gasteiger partial charge in [0, 0.05) is 37.5 Å². The van der Waals surface area contributed by atoms with Gasteiger partial charge < -0.3 is 14.3 Å². The molecule has 3 unspecified atom stereocenters. The molecule has 29 heavy (non-hydrogen) atoms. The van der Waals surface area contributed by atoms with E-state index in [4.69, 9.17) is 9.47 Å². The fourth-order valence-electron chi connectivity index (χ4n) is 7.63. The van der Waals surface area contributed by atoms with Crippen molar-refractivity contribution in [3.63, 3.8) is 0 Å². The Morgan fingerprint density at radius 2 is 1.83 bits per heavy atom. The first-order valence-electron chi connectivity index (χ1n) is 11.3. The van der Waals surface area contributed by atoms with Crippen molar-refractivity contribution >= 4 is 18.2 Å². The van der Waals surface area contributed by atoms with Crippen LogP contribution in [0.5, 0.6) is 0 Å². The zero-order valence-corrected chi connectivity index (χ0v) is 17.9. The third-order valence-electron chi connectivity index (χ3n) is 8.78. The van der Waals surface area contributed by atoms with Gasteiger partial charge >= 0.3 is 11.9 Å². The maximum atomic E-state index is 11.8. The van der Waals surface area contributed by atoms with Crippen molar-refractivity contribution in [2.45, 2.75) is 90.8 Å². The average Bonchev–Trinajstić information content (AvgIpc) is 2.97. The molecule has 0 radical (unpaired) electrons. The summed E-state index contributed by atoms with van der Waals surface area (Å²) in [6, 6.07) is 0. The Kier molecular flexibility index (Phi) is 5.37. The minimum Gasteiger partial charge on any atom is -0.462 e. The monoisotopic (exact) mass is 402 g/mol. The molecular weight excluding hydrogens is 368 g/mol. The van der Waals surface area contributed by atoms with Crippen LogP contribution in [0.15, 0.2) is 11.6 Å². The number of rotatable bonds is 4. The number of carbonyl (C=O) groups excluding carboxylic acids is 3. The Hall–Kier alpha value is -1.65. The lowest BCUT2D eigenvalue weighted by Crippen LogP contribution is -2.52. The summed E-state index contributed by atoms with van der Waals surface area (Å²) in [5, 5.41) is 0. The van der Waals surface area contributed by atoms with Crippen LogP contribution >= 0.6 is 0 Å².